The Bertz CT molecular complexity index is 1420. The number of benzene rings is 2. The van der Waals surface area contributed by atoms with Crippen molar-refractivity contribution in [3.63, 3.8) is 0 Å². The van der Waals surface area contributed by atoms with Crippen LogP contribution in [0.15, 0.2) is 54.7 Å². The van der Waals surface area contributed by atoms with Gasteiger partial charge < -0.3 is 10.1 Å². The van der Waals surface area contributed by atoms with Gasteiger partial charge in [-0.15, -0.1) is 0 Å². The van der Waals surface area contributed by atoms with Gasteiger partial charge in [-0.2, -0.15) is 14.8 Å². The van der Waals surface area contributed by atoms with E-state index in [0.29, 0.717) is 25.7 Å². The molecule has 0 spiro atoms. The summed E-state index contributed by atoms with van der Waals surface area (Å²) in [4.78, 5) is 9.60. The van der Waals surface area contributed by atoms with Gasteiger partial charge in [-0.25, -0.2) is 18.1 Å². The lowest BCUT2D eigenvalue weighted by molar-refractivity contribution is 0.107. The van der Waals surface area contributed by atoms with Gasteiger partial charge in [-0.3, -0.25) is 0 Å². The molecule has 10 heteroatoms. The van der Waals surface area contributed by atoms with Crippen LogP contribution in [0.4, 0.5) is 5.82 Å². The number of hydrogen-bond donors (Lipinski definition) is 2. The molecule has 0 fully saturated rings. The molecule has 0 saturated heterocycles. The third-order valence-corrected chi connectivity index (χ3v) is 7.22. The van der Waals surface area contributed by atoms with Crippen molar-refractivity contribution in [2.45, 2.75) is 33.0 Å². The average molecular weight is 479 g/mol. The van der Waals surface area contributed by atoms with Crippen molar-refractivity contribution in [2.24, 2.45) is 0 Å². The molecule has 0 aliphatic carbocycles. The fourth-order valence-corrected chi connectivity index (χ4v) is 4.56. The maximum Gasteiger partial charge on any atom is 0.253 e. The predicted molar refractivity (Wildman–Crippen MR) is 130 cm³/mol. The third-order valence-electron chi connectivity index (χ3n) is 5.87. The van der Waals surface area contributed by atoms with E-state index >= 15 is 0 Å². The average Bonchev–Trinajstić information content (AvgIpc) is 3.31. The van der Waals surface area contributed by atoms with E-state index < -0.39 is 10.0 Å². The summed E-state index contributed by atoms with van der Waals surface area (Å²) in [6.07, 6.45) is 2.47. The van der Waals surface area contributed by atoms with Crippen LogP contribution in [0.5, 0.6) is 0 Å². The van der Waals surface area contributed by atoms with Gasteiger partial charge in [0.2, 0.25) is 10.0 Å². The van der Waals surface area contributed by atoms with Gasteiger partial charge in [-0.1, -0.05) is 42.5 Å². The highest BCUT2D eigenvalue weighted by Crippen LogP contribution is 2.26. The van der Waals surface area contributed by atoms with Gasteiger partial charge in [0.25, 0.3) is 5.95 Å². The Kier molecular flexibility index (Phi) is 6.27. The molecule has 1 aliphatic rings. The summed E-state index contributed by atoms with van der Waals surface area (Å²) in [5.41, 5.74) is 4.72. The molecular formula is C24H26N6O3S. The summed E-state index contributed by atoms with van der Waals surface area (Å²) >= 11 is 0. The number of hydrogen-bond acceptors (Lipinski definition) is 7. The molecule has 2 N–H and O–H groups in total. The zero-order valence-electron chi connectivity index (χ0n) is 18.9. The number of aromatic nitrogens is 4. The standard InChI is InChI=1S/C24H26N6O3S/c1-2-34(31,32)27-14-18-9-6-10-22-20(18)15-26-30(22)24-28-21-16-33-12-11-19(21)23(29-24)25-13-17-7-4-3-5-8-17/h3-10,15,27H,2,11-14,16H2,1H3,(H,25,28,29). The van der Waals surface area contributed by atoms with E-state index in [9.17, 15) is 8.42 Å². The molecule has 0 atom stereocenters. The van der Waals surface area contributed by atoms with E-state index in [2.05, 4.69) is 27.3 Å². The summed E-state index contributed by atoms with van der Waals surface area (Å²) in [5, 5.41) is 8.86. The molecule has 0 unspecified atom stereocenters. The van der Waals surface area contributed by atoms with E-state index in [-0.39, 0.29) is 12.3 Å². The van der Waals surface area contributed by atoms with Crippen molar-refractivity contribution in [1.29, 1.82) is 0 Å². The first kappa shape index (κ1) is 22.5. The topological polar surface area (TPSA) is 111 Å². The monoisotopic (exact) mass is 478 g/mol. The van der Waals surface area contributed by atoms with E-state index in [4.69, 9.17) is 14.7 Å². The first-order valence-corrected chi connectivity index (χ1v) is 12.9. The lowest BCUT2D eigenvalue weighted by Gasteiger charge is -2.20. The number of anilines is 1. The summed E-state index contributed by atoms with van der Waals surface area (Å²) in [6.45, 7) is 3.52. The van der Waals surface area contributed by atoms with Crippen molar-refractivity contribution >= 4 is 26.7 Å². The highest BCUT2D eigenvalue weighted by atomic mass is 32.2. The number of fused-ring (bicyclic) bond motifs is 2. The van der Waals surface area contributed by atoms with Crippen LogP contribution in [0.1, 0.15) is 29.3 Å². The minimum absolute atomic E-state index is 0.0338. The zero-order valence-corrected chi connectivity index (χ0v) is 19.7. The van der Waals surface area contributed by atoms with Crippen LogP contribution < -0.4 is 10.0 Å². The molecular weight excluding hydrogens is 452 g/mol. The second-order valence-electron chi connectivity index (χ2n) is 8.07. The van der Waals surface area contributed by atoms with E-state index in [1.807, 2.05) is 36.4 Å². The van der Waals surface area contributed by atoms with Gasteiger partial charge in [0.1, 0.15) is 5.82 Å². The van der Waals surface area contributed by atoms with E-state index in [1.54, 1.807) is 17.8 Å². The minimum atomic E-state index is -3.30. The highest BCUT2D eigenvalue weighted by Gasteiger charge is 2.20. The van der Waals surface area contributed by atoms with Gasteiger partial charge >= 0.3 is 0 Å². The fraction of sp³-hybridized carbons (Fsp3) is 0.292. The van der Waals surface area contributed by atoms with Crippen LogP contribution in [-0.4, -0.2) is 40.5 Å². The largest absolute Gasteiger partial charge is 0.375 e. The molecule has 0 bridgehead atoms. The summed E-state index contributed by atoms with van der Waals surface area (Å²) < 4.78 is 33.8. The fourth-order valence-electron chi connectivity index (χ4n) is 3.98. The summed E-state index contributed by atoms with van der Waals surface area (Å²) in [6, 6.07) is 15.9. The first-order chi connectivity index (χ1) is 16.5. The van der Waals surface area contributed by atoms with Crippen molar-refractivity contribution < 1.29 is 13.2 Å². The SMILES string of the molecule is CCS(=O)(=O)NCc1cccc2c1cnn2-c1nc2c(c(NCc3ccccc3)n1)CCOC2. The van der Waals surface area contributed by atoms with Gasteiger partial charge in [0.15, 0.2) is 0 Å². The zero-order chi connectivity index (χ0) is 23.5. The Hall–Kier alpha value is -3.34. The quantitative estimate of drug-likeness (QED) is 0.401. The third kappa shape index (κ3) is 4.65. The molecule has 0 saturated carbocycles. The maximum atomic E-state index is 11.9. The first-order valence-electron chi connectivity index (χ1n) is 11.2. The molecule has 4 aromatic rings. The van der Waals surface area contributed by atoms with Crippen LogP contribution in [0.2, 0.25) is 0 Å². The van der Waals surface area contributed by atoms with E-state index in [0.717, 1.165) is 45.5 Å². The second kappa shape index (κ2) is 9.49. The van der Waals surface area contributed by atoms with Crippen molar-refractivity contribution in [3.05, 3.63) is 77.1 Å². The number of nitrogens with zero attached hydrogens (tertiary/aromatic N) is 4. The Morgan fingerprint density at radius 3 is 2.74 bits per heavy atom. The lowest BCUT2D eigenvalue weighted by Crippen LogP contribution is -2.24. The van der Waals surface area contributed by atoms with E-state index in [1.165, 1.54) is 0 Å². The number of sulfonamides is 1. The number of nitrogens with one attached hydrogen (secondary N) is 2. The van der Waals surface area contributed by atoms with Gasteiger partial charge in [0.05, 0.1) is 36.4 Å². The van der Waals surface area contributed by atoms with Crippen LogP contribution >= 0.6 is 0 Å². The van der Waals surface area contributed by atoms with Crippen molar-refractivity contribution in [2.75, 3.05) is 17.7 Å². The Balaban J connectivity index is 1.50. The molecule has 3 heterocycles. The van der Waals surface area contributed by atoms with Crippen LogP contribution in [0, 0.1) is 0 Å². The highest BCUT2D eigenvalue weighted by molar-refractivity contribution is 7.89. The molecule has 9 nitrogen and oxygen atoms in total. The maximum absolute atomic E-state index is 11.9. The predicted octanol–water partition coefficient (Wildman–Crippen LogP) is 2.94. The molecule has 1 aliphatic heterocycles. The minimum Gasteiger partial charge on any atom is -0.375 e. The molecule has 2 aromatic carbocycles. The molecule has 176 valence electrons. The second-order valence-corrected chi connectivity index (χ2v) is 10.2. The molecule has 0 amide bonds. The summed E-state index contributed by atoms with van der Waals surface area (Å²) in [5.74, 6) is 1.26. The van der Waals surface area contributed by atoms with Crippen LogP contribution in [0.25, 0.3) is 16.9 Å². The number of ether oxygens (including phenoxy) is 1. The van der Waals surface area contributed by atoms with Crippen LogP contribution in [0.3, 0.4) is 0 Å². The van der Waals surface area contributed by atoms with Crippen LogP contribution in [-0.2, 0) is 40.9 Å². The van der Waals surface area contributed by atoms with Gasteiger partial charge in [-0.05, 0) is 24.1 Å². The smallest absolute Gasteiger partial charge is 0.253 e. The Morgan fingerprint density at radius 2 is 1.91 bits per heavy atom. The molecule has 0 radical (unpaired) electrons. The molecule has 34 heavy (non-hydrogen) atoms. The van der Waals surface area contributed by atoms with Gasteiger partial charge in [0, 0.05) is 30.5 Å². The Labute approximate surface area is 198 Å². The normalized spacial score (nSPS) is 13.7. The summed E-state index contributed by atoms with van der Waals surface area (Å²) in [7, 11) is -3.30. The van der Waals surface area contributed by atoms with Crippen molar-refractivity contribution in [3.8, 4) is 5.95 Å². The lowest BCUT2D eigenvalue weighted by atomic mass is 10.1. The Morgan fingerprint density at radius 1 is 1.06 bits per heavy atom. The molecule has 5 rings (SSSR count). The molecule has 2 aromatic heterocycles. The van der Waals surface area contributed by atoms with Crippen molar-refractivity contribution in [1.82, 2.24) is 24.5 Å². The number of rotatable bonds is 8.